The molecule has 0 radical (unpaired) electrons. The number of hydrogen-bond donors (Lipinski definition) is 0. The van der Waals surface area contributed by atoms with Crippen molar-refractivity contribution in [2.75, 3.05) is 7.05 Å². The van der Waals surface area contributed by atoms with E-state index in [-0.39, 0.29) is 0 Å². The molecule has 25 heavy (non-hydrogen) atoms. The first-order valence-electron chi connectivity index (χ1n) is 8.35. The Labute approximate surface area is 147 Å². The van der Waals surface area contributed by atoms with E-state index in [0.717, 1.165) is 23.1 Å². The van der Waals surface area contributed by atoms with E-state index < -0.39 is 0 Å². The summed E-state index contributed by atoms with van der Waals surface area (Å²) in [6.45, 7) is 0.823. The van der Waals surface area contributed by atoms with Crippen molar-refractivity contribution in [3.8, 4) is 11.1 Å². The molecule has 0 spiro atoms. The maximum absolute atomic E-state index is 4.46. The lowest BCUT2D eigenvalue weighted by Crippen LogP contribution is -1.97. The number of fused-ring (bicyclic) bond motifs is 1. The van der Waals surface area contributed by atoms with Gasteiger partial charge in [-0.15, -0.1) is 0 Å². The van der Waals surface area contributed by atoms with Crippen LogP contribution < -0.4 is 0 Å². The highest BCUT2D eigenvalue weighted by atomic mass is 15.0. The van der Waals surface area contributed by atoms with Gasteiger partial charge in [-0.1, -0.05) is 54.6 Å². The van der Waals surface area contributed by atoms with Crippen molar-refractivity contribution < 1.29 is 0 Å². The minimum atomic E-state index is 0.823. The van der Waals surface area contributed by atoms with E-state index in [2.05, 4.69) is 75.2 Å². The summed E-state index contributed by atoms with van der Waals surface area (Å²) in [7, 11) is 1.79. The molecule has 1 heterocycles. The molecule has 4 rings (SSSR count). The van der Waals surface area contributed by atoms with E-state index in [1.807, 2.05) is 24.7 Å². The van der Waals surface area contributed by atoms with Crippen molar-refractivity contribution in [3.05, 3.63) is 90.3 Å². The van der Waals surface area contributed by atoms with Gasteiger partial charge in [0, 0.05) is 19.8 Å². The minimum Gasteiger partial charge on any atom is -0.326 e. The largest absolute Gasteiger partial charge is 0.326 e. The number of aliphatic imine (C=N–C) groups is 1. The predicted octanol–water partition coefficient (Wildman–Crippen LogP) is 4.80. The molecule has 0 bridgehead atoms. The first-order chi connectivity index (χ1) is 12.3. The summed E-state index contributed by atoms with van der Waals surface area (Å²) in [6.07, 6.45) is 3.79. The van der Waals surface area contributed by atoms with Crippen molar-refractivity contribution >= 4 is 17.2 Å². The van der Waals surface area contributed by atoms with E-state index in [1.54, 1.807) is 7.05 Å². The normalized spacial score (nSPS) is 11.4. The molecule has 4 aromatic rings. The van der Waals surface area contributed by atoms with Gasteiger partial charge < -0.3 is 4.57 Å². The summed E-state index contributed by atoms with van der Waals surface area (Å²) < 4.78 is 2.18. The predicted molar refractivity (Wildman–Crippen MR) is 104 cm³/mol. The second-order valence-electron chi connectivity index (χ2n) is 6.07. The van der Waals surface area contributed by atoms with Crippen molar-refractivity contribution in [1.29, 1.82) is 0 Å². The Morgan fingerprint density at radius 3 is 2.60 bits per heavy atom. The first-order valence-corrected chi connectivity index (χ1v) is 8.35. The van der Waals surface area contributed by atoms with Crippen LogP contribution in [0, 0.1) is 0 Å². The standard InChI is InChI=1S/C22H19N3/c1-23-14-18-5-4-6-20(13-18)19-11-9-17(10-12-19)15-25-16-24-21-7-2-3-8-22(21)25/h2-14,16H,15H2,1H3. The fraction of sp³-hybridized carbons (Fsp3) is 0.0909. The number of rotatable bonds is 4. The van der Waals surface area contributed by atoms with Crippen LogP contribution in [0.5, 0.6) is 0 Å². The van der Waals surface area contributed by atoms with Crippen LogP contribution in [-0.2, 0) is 6.54 Å². The lowest BCUT2D eigenvalue weighted by atomic mass is 10.0. The van der Waals surface area contributed by atoms with Gasteiger partial charge in [0.1, 0.15) is 0 Å². The molecule has 0 amide bonds. The van der Waals surface area contributed by atoms with Gasteiger partial charge in [-0.05, 0) is 40.5 Å². The van der Waals surface area contributed by atoms with E-state index in [4.69, 9.17) is 0 Å². The second kappa shape index (κ2) is 6.73. The summed E-state index contributed by atoms with van der Waals surface area (Å²) in [5.41, 5.74) is 7.00. The summed E-state index contributed by atoms with van der Waals surface area (Å²) >= 11 is 0. The van der Waals surface area contributed by atoms with Gasteiger partial charge in [-0.2, -0.15) is 0 Å². The van der Waals surface area contributed by atoms with Gasteiger partial charge in [0.2, 0.25) is 0 Å². The molecule has 0 fully saturated rings. The minimum absolute atomic E-state index is 0.823. The van der Waals surface area contributed by atoms with Crippen LogP contribution in [0.3, 0.4) is 0 Å². The lowest BCUT2D eigenvalue weighted by Gasteiger charge is -2.07. The Balaban J connectivity index is 1.59. The highest BCUT2D eigenvalue weighted by molar-refractivity contribution is 5.82. The Morgan fingerprint density at radius 2 is 1.76 bits per heavy atom. The Morgan fingerprint density at radius 1 is 0.920 bits per heavy atom. The van der Waals surface area contributed by atoms with Crippen LogP contribution in [0.1, 0.15) is 11.1 Å². The third kappa shape index (κ3) is 3.22. The SMILES string of the molecule is CN=Cc1cccc(-c2ccc(Cn3cnc4ccccc43)cc2)c1. The molecule has 0 N–H and O–H groups in total. The molecule has 3 nitrogen and oxygen atoms in total. The Kier molecular flexibility index (Phi) is 4.13. The molecular weight excluding hydrogens is 306 g/mol. The average Bonchev–Trinajstić information content (AvgIpc) is 3.06. The van der Waals surface area contributed by atoms with Crippen LogP contribution in [0.2, 0.25) is 0 Å². The fourth-order valence-electron chi connectivity index (χ4n) is 3.08. The van der Waals surface area contributed by atoms with Crippen molar-refractivity contribution in [3.63, 3.8) is 0 Å². The highest BCUT2D eigenvalue weighted by Crippen LogP contribution is 2.21. The zero-order valence-electron chi connectivity index (χ0n) is 14.1. The van der Waals surface area contributed by atoms with E-state index in [9.17, 15) is 0 Å². The second-order valence-corrected chi connectivity index (χ2v) is 6.07. The maximum atomic E-state index is 4.46. The van der Waals surface area contributed by atoms with Crippen LogP contribution in [0.15, 0.2) is 84.1 Å². The first kappa shape index (κ1) is 15.3. The topological polar surface area (TPSA) is 30.2 Å². The monoisotopic (exact) mass is 325 g/mol. The fourth-order valence-corrected chi connectivity index (χ4v) is 3.08. The van der Waals surface area contributed by atoms with Crippen LogP contribution in [-0.4, -0.2) is 22.8 Å². The number of aromatic nitrogens is 2. The number of nitrogens with zero attached hydrogens (tertiary/aromatic N) is 3. The molecule has 0 aliphatic heterocycles. The van der Waals surface area contributed by atoms with Crippen LogP contribution >= 0.6 is 0 Å². The van der Waals surface area contributed by atoms with E-state index in [1.165, 1.54) is 16.7 Å². The molecule has 3 heteroatoms. The molecule has 3 aromatic carbocycles. The summed E-state index contributed by atoms with van der Waals surface area (Å²) in [4.78, 5) is 8.55. The van der Waals surface area contributed by atoms with E-state index >= 15 is 0 Å². The molecule has 0 aliphatic rings. The zero-order chi connectivity index (χ0) is 17.1. The number of benzene rings is 3. The summed E-state index contributed by atoms with van der Waals surface area (Å²) in [6, 6.07) is 25.4. The number of hydrogen-bond acceptors (Lipinski definition) is 2. The van der Waals surface area contributed by atoms with Crippen molar-refractivity contribution in [2.24, 2.45) is 4.99 Å². The Hall–Kier alpha value is -3.20. The third-order valence-electron chi connectivity index (χ3n) is 4.33. The number of imidazole rings is 1. The zero-order valence-corrected chi connectivity index (χ0v) is 14.1. The summed E-state index contributed by atoms with van der Waals surface area (Å²) in [5, 5.41) is 0. The van der Waals surface area contributed by atoms with Gasteiger partial charge in [0.25, 0.3) is 0 Å². The highest BCUT2D eigenvalue weighted by Gasteiger charge is 2.03. The molecular formula is C22H19N3. The molecule has 1 aromatic heterocycles. The quantitative estimate of drug-likeness (QED) is 0.496. The molecule has 0 saturated heterocycles. The molecule has 0 saturated carbocycles. The van der Waals surface area contributed by atoms with Crippen molar-refractivity contribution in [1.82, 2.24) is 9.55 Å². The Bertz CT molecular complexity index is 1030. The molecule has 0 atom stereocenters. The molecule has 0 aliphatic carbocycles. The molecule has 0 unspecified atom stereocenters. The smallest absolute Gasteiger partial charge is 0.0961 e. The third-order valence-corrected chi connectivity index (χ3v) is 4.33. The summed E-state index contributed by atoms with van der Waals surface area (Å²) in [5.74, 6) is 0. The number of para-hydroxylation sites is 2. The van der Waals surface area contributed by atoms with E-state index in [0.29, 0.717) is 0 Å². The van der Waals surface area contributed by atoms with Gasteiger partial charge in [0.15, 0.2) is 0 Å². The van der Waals surface area contributed by atoms with Crippen LogP contribution in [0.25, 0.3) is 22.2 Å². The van der Waals surface area contributed by atoms with Gasteiger partial charge in [-0.3, -0.25) is 4.99 Å². The lowest BCUT2D eigenvalue weighted by molar-refractivity contribution is 0.825. The van der Waals surface area contributed by atoms with Gasteiger partial charge in [0.05, 0.1) is 17.4 Å². The van der Waals surface area contributed by atoms with Crippen molar-refractivity contribution in [2.45, 2.75) is 6.54 Å². The average molecular weight is 325 g/mol. The maximum Gasteiger partial charge on any atom is 0.0961 e. The van der Waals surface area contributed by atoms with Crippen LogP contribution in [0.4, 0.5) is 0 Å². The molecule has 122 valence electrons. The van der Waals surface area contributed by atoms with Gasteiger partial charge in [-0.25, -0.2) is 4.98 Å². The van der Waals surface area contributed by atoms with Gasteiger partial charge >= 0.3 is 0 Å².